The fraction of sp³-hybridized carbons (Fsp3) is 0.667. The Morgan fingerprint density at radius 3 is 2.31 bits per heavy atom. The SMILES string of the molecule is CCC(=CCBr)C(C)CC=C(C)C. The highest BCUT2D eigenvalue weighted by molar-refractivity contribution is 9.09. The van der Waals surface area contributed by atoms with E-state index in [9.17, 15) is 0 Å². The highest BCUT2D eigenvalue weighted by atomic mass is 79.9. The Morgan fingerprint density at radius 1 is 1.31 bits per heavy atom. The average molecular weight is 245 g/mol. The molecular weight excluding hydrogens is 224 g/mol. The van der Waals surface area contributed by atoms with E-state index < -0.39 is 0 Å². The summed E-state index contributed by atoms with van der Waals surface area (Å²) in [7, 11) is 0. The van der Waals surface area contributed by atoms with Gasteiger partial charge in [0.1, 0.15) is 0 Å². The van der Waals surface area contributed by atoms with E-state index in [1.165, 1.54) is 18.4 Å². The van der Waals surface area contributed by atoms with Crippen LogP contribution in [0.1, 0.15) is 40.5 Å². The maximum Gasteiger partial charge on any atom is 0.0214 e. The molecule has 0 aromatic heterocycles. The predicted octanol–water partition coefficient (Wildman–Crippen LogP) is 4.71. The second kappa shape index (κ2) is 7.37. The second-order valence-electron chi connectivity index (χ2n) is 3.71. The Bertz CT molecular complexity index is 185. The van der Waals surface area contributed by atoms with E-state index in [4.69, 9.17) is 0 Å². The van der Waals surface area contributed by atoms with Crippen LogP contribution in [0, 0.1) is 5.92 Å². The molecule has 0 fully saturated rings. The third-order valence-corrected chi connectivity index (χ3v) is 2.58. The average Bonchev–Trinajstić information content (AvgIpc) is 2.10. The molecule has 0 aromatic rings. The summed E-state index contributed by atoms with van der Waals surface area (Å²) in [6.45, 7) is 8.85. The molecular formula is C12H21Br. The lowest BCUT2D eigenvalue weighted by atomic mass is 9.94. The van der Waals surface area contributed by atoms with Gasteiger partial charge in [0.25, 0.3) is 0 Å². The lowest BCUT2D eigenvalue weighted by Crippen LogP contribution is -1.97. The molecule has 1 unspecified atom stereocenters. The fourth-order valence-corrected chi connectivity index (χ4v) is 1.77. The van der Waals surface area contributed by atoms with Crippen molar-refractivity contribution in [1.29, 1.82) is 0 Å². The van der Waals surface area contributed by atoms with E-state index in [0.717, 1.165) is 5.33 Å². The van der Waals surface area contributed by atoms with Gasteiger partial charge < -0.3 is 0 Å². The molecule has 76 valence electrons. The van der Waals surface area contributed by atoms with Crippen LogP contribution in [0.5, 0.6) is 0 Å². The van der Waals surface area contributed by atoms with E-state index in [-0.39, 0.29) is 0 Å². The minimum atomic E-state index is 0.692. The third-order valence-electron chi connectivity index (χ3n) is 2.26. The molecule has 0 aliphatic rings. The maximum absolute atomic E-state index is 3.45. The Kier molecular flexibility index (Phi) is 7.35. The number of halogens is 1. The molecule has 1 heteroatoms. The van der Waals surface area contributed by atoms with Crippen LogP contribution in [0.15, 0.2) is 23.3 Å². The lowest BCUT2D eigenvalue weighted by molar-refractivity contribution is 0.664. The molecule has 0 saturated heterocycles. The van der Waals surface area contributed by atoms with Crippen LogP contribution in [0.2, 0.25) is 0 Å². The van der Waals surface area contributed by atoms with Crippen molar-refractivity contribution < 1.29 is 0 Å². The molecule has 13 heavy (non-hydrogen) atoms. The van der Waals surface area contributed by atoms with Crippen LogP contribution in [0.3, 0.4) is 0 Å². The standard InChI is InChI=1S/C12H21Br/c1-5-12(8-9-13)11(4)7-6-10(2)3/h6,8,11H,5,7,9H2,1-4H3. The molecule has 0 N–H and O–H groups in total. The summed E-state index contributed by atoms with van der Waals surface area (Å²) in [5.41, 5.74) is 2.98. The smallest absolute Gasteiger partial charge is 0.0214 e. The van der Waals surface area contributed by atoms with Gasteiger partial charge in [-0.3, -0.25) is 0 Å². The molecule has 0 aliphatic heterocycles. The van der Waals surface area contributed by atoms with Gasteiger partial charge in [0.15, 0.2) is 0 Å². The summed E-state index contributed by atoms with van der Waals surface area (Å²) in [5, 5.41) is 0.981. The second-order valence-corrected chi connectivity index (χ2v) is 4.35. The Hall–Kier alpha value is -0.0400. The topological polar surface area (TPSA) is 0 Å². The first kappa shape index (κ1) is 13.0. The zero-order valence-electron chi connectivity index (χ0n) is 9.23. The van der Waals surface area contributed by atoms with Gasteiger partial charge in [-0.15, -0.1) is 0 Å². The van der Waals surface area contributed by atoms with Crippen molar-refractivity contribution in [2.45, 2.75) is 40.5 Å². The predicted molar refractivity (Wildman–Crippen MR) is 65.4 cm³/mol. The largest absolute Gasteiger partial charge is 0.0883 e. The zero-order valence-corrected chi connectivity index (χ0v) is 10.8. The lowest BCUT2D eigenvalue weighted by Gasteiger charge is -2.12. The number of rotatable bonds is 5. The molecule has 0 saturated carbocycles. The first-order valence-electron chi connectivity index (χ1n) is 5.00. The van der Waals surface area contributed by atoms with Gasteiger partial charge in [0, 0.05) is 5.33 Å². The van der Waals surface area contributed by atoms with Crippen LogP contribution in [0.4, 0.5) is 0 Å². The Balaban J connectivity index is 4.14. The summed E-state index contributed by atoms with van der Waals surface area (Å²) >= 11 is 3.45. The van der Waals surface area contributed by atoms with Gasteiger partial charge in [-0.05, 0) is 32.6 Å². The number of hydrogen-bond acceptors (Lipinski definition) is 0. The van der Waals surface area contributed by atoms with Gasteiger partial charge in [0.2, 0.25) is 0 Å². The summed E-state index contributed by atoms with van der Waals surface area (Å²) < 4.78 is 0. The van der Waals surface area contributed by atoms with Crippen LogP contribution < -0.4 is 0 Å². The van der Waals surface area contributed by atoms with Crippen molar-refractivity contribution in [2.24, 2.45) is 5.92 Å². The van der Waals surface area contributed by atoms with Crippen molar-refractivity contribution in [3.8, 4) is 0 Å². The summed E-state index contributed by atoms with van der Waals surface area (Å²) in [5.74, 6) is 0.692. The van der Waals surface area contributed by atoms with E-state index in [1.807, 2.05) is 0 Å². The minimum Gasteiger partial charge on any atom is -0.0883 e. The van der Waals surface area contributed by atoms with E-state index in [2.05, 4.69) is 55.8 Å². The molecule has 0 radical (unpaired) electrons. The molecule has 0 nitrogen and oxygen atoms in total. The first-order valence-corrected chi connectivity index (χ1v) is 6.12. The fourth-order valence-electron chi connectivity index (χ4n) is 1.36. The van der Waals surface area contributed by atoms with Gasteiger partial charge in [0.05, 0.1) is 0 Å². The van der Waals surface area contributed by atoms with Crippen LogP contribution >= 0.6 is 15.9 Å². The van der Waals surface area contributed by atoms with E-state index in [0.29, 0.717) is 5.92 Å². The molecule has 0 spiro atoms. The van der Waals surface area contributed by atoms with Crippen LogP contribution in [-0.2, 0) is 0 Å². The van der Waals surface area contributed by atoms with Crippen LogP contribution in [0.25, 0.3) is 0 Å². The molecule has 1 atom stereocenters. The number of hydrogen-bond donors (Lipinski definition) is 0. The minimum absolute atomic E-state index is 0.692. The summed E-state index contributed by atoms with van der Waals surface area (Å²) in [6, 6.07) is 0. The van der Waals surface area contributed by atoms with Gasteiger partial charge in [-0.25, -0.2) is 0 Å². The summed E-state index contributed by atoms with van der Waals surface area (Å²) in [6.07, 6.45) is 6.96. The van der Waals surface area contributed by atoms with Crippen molar-refractivity contribution in [3.63, 3.8) is 0 Å². The van der Waals surface area contributed by atoms with Gasteiger partial charge >= 0.3 is 0 Å². The molecule has 0 aromatic carbocycles. The molecule has 0 bridgehead atoms. The molecule has 0 amide bonds. The number of alkyl halides is 1. The maximum atomic E-state index is 3.45. The van der Waals surface area contributed by atoms with E-state index in [1.54, 1.807) is 5.57 Å². The highest BCUT2D eigenvalue weighted by Gasteiger charge is 2.04. The molecule has 0 heterocycles. The highest BCUT2D eigenvalue weighted by Crippen LogP contribution is 2.19. The monoisotopic (exact) mass is 244 g/mol. The number of allylic oxidation sites excluding steroid dienone is 4. The molecule has 0 rings (SSSR count). The van der Waals surface area contributed by atoms with Crippen LogP contribution in [-0.4, -0.2) is 5.33 Å². The van der Waals surface area contributed by atoms with Gasteiger partial charge in [-0.2, -0.15) is 0 Å². The molecule has 0 aliphatic carbocycles. The van der Waals surface area contributed by atoms with Gasteiger partial charge in [-0.1, -0.05) is 53.1 Å². The van der Waals surface area contributed by atoms with Crippen molar-refractivity contribution >= 4 is 15.9 Å². The van der Waals surface area contributed by atoms with Crippen molar-refractivity contribution in [1.82, 2.24) is 0 Å². The third kappa shape index (κ3) is 6.09. The Labute approximate surface area is 91.2 Å². The first-order chi connectivity index (χ1) is 6.11. The van der Waals surface area contributed by atoms with E-state index >= 15 is 0 Å². The van der Waals surface area contributed by atoms with Crippen molar-refractivity contribution in [3.05, 3.63) is 23.3 Å². The summed E-state index contributed by atoms with van der Waals surface area (Å²) in [4.78, 5) is 0. The van der Waals surface area contributed by atoms with Crippen molar-refractivity contribution in [2.75, 3.05) is 5.33 Å². The quantitative estimate of drug-likeness (QED) is 0.486. The normalized spacial score (nSPS) is 14.1. The Morgan fingerprint density at radius 2 is 1.92 bits per heavy atom. The zero-order chi connectivity index (χ0) is 10.3.